The quantitative estimate of drug-likeness (QED) is 0.521. The van der Waals surface area contributed by atoms with E-state index in [2.05, 4.69) is 5.10 Å². The van der Waals surface area contributed by atoms with Gasteiger partial charge in [0.15, 0.2) is 5.69 Å². The van der Waals surface area contributed by atoms with E-state index >= 15 is 0 Å². The third kappa shape index (κ3) is 3.57. The van der Waals surface area contributed by atoms with Gasteiger partial charge in [-0.1, -0.05) is 12.1 Å². The van der Waals surface area contributed by atoms with Crippen molar-refractivity contribution in [2.75, 3.05) is 30.1 Å². The van der Waals surface area contributed by atoms with Gasteiger partial charge in [0.1, 0.15) is 21.3 Å². The molecule has 0 saturated heterocycles. The third-order valence-corrected chi connectivity index (χ3v) is 9.59. The molecule has 38 heavy (non-hydrogen) atoms. The molecule has 0 unspecified atom stereocenters. The van der Waals surface area contributed by atoms with E-state index in [1.54, 1.807) is 9.58 Å². The number of aromatic nitrogens is 2. The van der Waals surface area contributed by atoms with Crippen LogP contribution in [0.25, 0.3) is 5.69 Å². The summed E-state index contributed by atoms with van der Waals surface area (Å²) in [4.78, 5) is 28.3. The Morgan fingerprint density at radius 2 is 1.79 bits per heavy atom. The van der Waals surface area contributed by atoms with E-state index in [1.807, 2.05) is 42.5 Å². The molecule has 2 saturated carbocycles. The summed E-state index contributed by atoms with van der Waals surface area (Å²) in [6.07, 6.45) is 5.40. The van der Waals surface area contributed by atoms with Crippen LogP contribution in [0.3, 0.4) is 0 Å². The molecule has 2 aliphatic heterocycles. The van der Waals surface area contributed by atoms with Crippen LogP contribution in [0, 0.1) is 0 Å². The van der Waals surface area contributed by atoms with Crippen molar-refractivity contribution in [3.63, 3.8) is 0 Å². The molecular weight excluding hydrogens is 504 g/mol. The molecule has 3 heterocycles. The Kier molecular flexibility index (Phi) is 4.75. The number of rotatable bonds is 6. The number of benzene rings is 2. The van der Waals surface area contributed by atoms with Crippen molar-refractivity contribution in [3.8, 4) is 11.4 Å². The molecule has 2 fully saturated rings. The zero-order chi connectivity index (χ0) is 26.4. The van der Waals surface area contributed by atoms with Crippen molar-refractivity contribution in [3.05, 3.63) is 70.5 Å². The summed E-state index contributed by atoms with van der Waals surface area (Å²) in [6.45, 7) is 1.05. The Hall–Kier alpha value is -3.66. The van der Waals surface area contributed by atoms with Crippen molar-refractivity contribution in [2.24, 2.45) is 5.73 Å². The van der Waals surface area contributed by atoms with E-state index in [4.69, 9.17) is 10.5 Å². The lowest BCUT2D eigenvalue weighted by Crippen LogP contribution is -2.44. The Balaban J connectivity index is 1.30. The van der Waals surface area contributed by atoms with Gasteiger partial charge >= 0.3 is 0 Å². The molecule has 3 aromatic rings. The number of hydrogen-bond acceptors (Lipinski definition) is 6. The highest BCUT2D eigenvalue weighted by Gasteiger charge is 2.56. The van der Waals surface area contributed by atoms with Crippen molar-refractivity contribution < 1.29 is 22.7 Å². The minimum Gasteiger partial charge on any atom is -0.493 e. The lowest BCUT2D eigenvalue weighted by Gasteiger charge is -2.33. The Morgan fingerprint density at radius 1 is 1.08 bits per heavy atom. The van der Waals surface area contributed by atoms with Gasteiger partial charge in [-0.05, 0) is 67.1 Å². The molecule has 2 aliphatic carbocycles. The fraction of sp³-hybridized carbons (Fsp3) is 0.393. The van der Waals surface area contributed by atoms with Gasteiger partial charge < -0.3 is 15.4 Å². The minimum atomic E-state index is -3.11. The number of nitrogens with zero attached hydrogens (tertiary/aromatic N) is 3. The first kappa shape index (κ1) is 23.5. The van der Waals surface area contributed by atoms with Crippen molar-refractivity contribution in [1.82, 2.24) is 9.78 Å². The highest BCUT2D eigenvalue weighted by atomic mass is 32.2. The molecule has 7 rings (SSSR count). The second kappa shape index (κ2) is 7.69. The van der Waals surface area contributed by atoms with Crippen LogP contribution in [0.5, 0.6) is 5.75 Å². The smallest absolute Gasteiger partial charge is 0.277 e. The number of sulfone groups is 1. The summed E-state index contributed by atoms with van der Waals surface area (Å²) in [5, 5.41) is 4.59. The van der Waals surface area contributed by atoms with Crippen LogP contribution in [0.1, 0.15) is 63.4 Å². The third-order valence-electron chi connectivity index (χ3n) is 8.51. The maximum absolute atomic E-state index is 14.1. The van der Waals surface area contributed by atoms with Crippen LogP contribution in [-0.4, -0.2) is 55.2 Å². The predicted molar refractivity (Wildman–Crippen MR) is 141 cm³/mol. The van der Waals surface area contributed by atoms with E-state index in [0.29, 0.717) is 30.1 Å². The predicted octanol–water partition coefficient (Wildman–Crippen LogP) is 2.67. The number of carbonyl (C=O) groups excluding carboxylic acids is 2. The SMILES string of the molecule is CS(=O)(=O)CC1(c2ccc(N3CC4(CC4)c4c(C(N)=O)nn(-c5ccc6c(c5)CCO6)c4C3=O)cc2)CC1. The molecule has 1 aromatic heterocycles. The Labute approximate surface area is 220 Å². The van der Waals surface area contributed by atoms with E-state index in [9.17, 15) is 18.0 Å². The standard InChI is InChI=1S/C28H28N4O5S/c1-38(35,36)16-28(11-12-28)18-2-4-19(5-3-18)31-15-27(9-10-27)22-23(25(29)33)30-32(24(22)26(31)34)20-6-7-21-17(14-20)8-13-37-21/h2-7,14H,8-13,15-16H2,1H3,(H2,29,33). The zero-order valence-corrected chi connectivity index (χ0v) is 21.9. The number of carbonyl (C=O) groups is 2. The van der Waals surface area contributed by atoms with Crippen LogP contribution in [0.2, 0.25) is 0 Å². The van der Waals surface area contributed by atoms with E-state index in [0.717, 1.165) is 54.7 Å². The summed E-state index contributed by atoms with van der Waals surface area (Å²) < 4.78 is 31.2. The largest absolute Gasteiger partial charge is 0.493 e. The van der Waals surface area contributed by atoms with Crippen LogP contribution in [-0.2, 0) is 27.1 Å². The number of primary amides is 1. The lowest BCUT2D eigenvalue weighted by molar-refractivity contribution is 0.0966. The van der Waals surface area contributed by atoms with E-state index in [1.165, 1.54) is 6.26 Å². The topological polar surface area (TPSA) is 125 Å². The number of ether oxygens (including phenoxy) is 1. The summed E-state index contributed by atoms with van der Waals surface area (Å²) in [7, 11) is -3.11. The molecule has 10 heteroatoms. The lowest BCUT2D eigenvalue weighted by atomic mass is 9.88. The molecule has 2 N–H and O–H groups in total. The van der Waals surface area contributed by atoms with Gasteiger partial charge in [0.05, 0.1) is 18.0 Å². The van der Waals surface area contributed by atoms with Gasteiger partial charge in [-0.25, -0.2) is 13.1 Å². The van der Waals surface area contributed by atoms with Gasteiger partial charge in [-0.2, -0.15) is 5.10 Å². The van der Waals surface area contributed by atoms with Crippen LogP contribution >= 0.6 is 0 Å². The maximum atomic E-state index is 14.1. The number of hydrogen-bond donors (Lipinski definition) is 1. The van der Waals surface area contributed by atoms with Crippen molar-refractivity contribution in [1.29, 1.82) is 0 Å². The van der Waals surface area contributed by atoms with Crippen LogP contribution < -0.4 is 15.4 Å². The summed E-state index contributed by atoms with van der Waals surface area (Å²) in [6, 6.07) is 13.4. The van der Waals surface area contributed by atoms with Crippen molar-refractivity contribution >= 4 is 27.3 Å². The summed E-state index contributed by atoms with van der Waals surface area (Å²) >= 11 is 0. The minimum absolute atomic E-state index is 0.134. The number of fused-ring (bicyclic) bond motifs is 3. The van der Waals surface area contributed by atoms with Gasteiger partial charge in [0, 0.05) is 41.3 Å². The normalized spacial score (nSPS) is 20.1. The first-order valence-corrected chi connectivity index (χ1v) is 14.9. The molecule has 9 nitrogen and oxygen atoms in total. The second-order valence-electron chi connectivity index (χ2n) is 11.3. The first-order chi connectivity index (χ1) is 18.1. The molecule has 0 atom stereocenters. The summed E-state index contributed by atoms with van der Waals surface area (Å²) in [5.41, 5.74) is 9.72. The maximum Gasteiger partial charge on any atom is 0.277 e. The Morgan fingerprint density at radius 3 is 2.42 bits per heavy atom. The highest BCUT2D eigenvalue weighted by Crippen LogP contribution is 2.55. The average molecular weight is 533 g/mol. The van der Waals surface area contributed by atoms with Gasteiger partial charge in [-0.15, -0.1) is 0 Å². The molecule has 0 radical (unpaired) electrons. The van der Waals surface area contributed by atoms with Crippen LogP contribution in [0.15, 0.2) is 42.5 Å². The average Bonchev–Trinajstić information content (AvgIpc) is 3.72. The Bertz CT molecular complexity index is 1630. The molecule has 2 amide bonds. The number of nitrogens with two attached hydrogens (primary N) is 1. The molecule has 2 aromatic carbocycles. The number of amides is 2. The second-order valence-corrected chi connectivity index (χ2v) is 13.4. The zero-order valence-electron chi connectivity index (χ0n) is 21.1. The van der Waals surface area contributed by atoms with Gasteiger partial charge in [-0.3, -0.25) is 9.59 Å². The highest BCUT2D eigenvalue weighted by molar-refractivity contribution is 7.90. The van der Waals surface area contributed by atoms with Gasteiger partial charge in [0.2, 0.25) is 0 Å². The molecule has 4 aliphatic rings. The molecular formula is C28H28N4O5S. The monoisotopic (exact) mass is 532 g/mol. The first-order valence-electron chi connectivity index (χ1n) is 12.9. The van der Waals surface area contributed by atoms with Crippen molar-refractivity contribution in [2.45, 2.75) is 42.9 Å². The molecule has 0 bridgehead atoms. The fourth-order valence-electron chi connectivity index (χ4n) is 6.29. The molecule has 196 valence electrons. The van der Waals surface area contributed by atoms with E-state index < -0.39 is 15.7 Å². The van der Waals surface area contributed by atoms with Crippen LogP contribution in [0.4, 0.5) is 5.69 Å². The fourth-order valence-corrected chi connectivity index (χ4v) is 7.75. The number of anilines is 1. The van der Waals surface area contributed by atoms with Gasteiger partial charge in [0.25, 0.3) is 11.8 Å². The molecule has 1 spiro atoms. The van der Waals surface area contributed by atoms with E-state index in [-0.39, 0.29) is 28.2 Å². The summed E-state index contributed by atoms with van der Waals surface area (Å²) in [5.74, 6) is 0.0808.